The molecule has 1 unspecified atom stereocenters. The van der Waals surface area contributed by atoms with Crippen molar-refractivity contribution in [3.05, 3.63) is 47.2 Å². The first-order chi connectivity index (χ1) is 12.2. The first kappa shape index (κ1) is 18.3. The molecule has 3 rings (SSSR count). The van der Waals surface area contributed by atoms with Gasteiger partial charge in [-0.05, 0) is 49.7 Å². The standard InChI is InChI=1S/C19H25ClN4O/c1-25-9-8-24-7-6-15(14-24)10-21-11-16-12-22-19(23-13-16)17-2-4-18(20)5-3-17/h2-5,12-13,15,21H,6-11,14H2,1H3. The lowest BCUT2D eigenvalue weighted by Crippen LogP contribution is -2.28. The van der Waals surface area contributed by atoms with Crippen LogP contribution in [0.1, 0.15) is 12.0 Å². The zero-order valence-corrected chi connectivity index (χ0v) is 15.4. The van der Waals surface area contributed by atoms with E-state index in [0.717, 1.165) is 54.8 Å². The molecule has 1 N–H and O–H groups in total. The Morgan fingerprint density at radius 2 is 2.00 bits per heavy atom. The summed E-state index contributed by atoms with van der Waals surface area (Å²) in [6.07, 6.45) is 5.04. The average molecular weight is 361 g/mol. The molecular weight excluding hydrogens is 336 g/mol. The van der Waals surface area contributed by atoms with Gasteiger partial charge < -0.3 is 15.0 Å². The van der Waals surface area contributed by atoms with Crippen molar-refractivity contribution >= 4 is 11.6 Å². The van der Waals surface area contributed by atoms with Gasteiger partial charge in [-0.25, -0.2) is 9.97 Å². The van der Waals surface area contributed by atoms with E-state index in [4.69, 9.17) is 16.3 Å². The van der Waals surface area contributed by atoms with Crippen LogP contribution in [0.2, 0.25) is 5.02 Å². The molecule has 0 radical (unpaired) electrons. The number of nitrogens with one attached hydrogen (secondary N) is 1. The lowest BCUT2D eigenvalue weighted by Gasteiger charge is -2.15. The van der Waals surface area contributed by atoms with E-state index >= 15 is 0 Å². The quantitative estimate of drug-likeness (QED) is 0.784. The molecule has 1 aromatic carbocycles. The number of benzene rings is 1. The van der Waals surface area contributed by atoms with E-state index in [9.17, 15) is 0 Å². The van der Waals surface area contributed by atoms with Gasteiger partial charge in [0.1, 0.15) is 0 Å². The highest BCUT2D eigenvalue weighted by Gasteiger charge is 2.21. The summed E-state index contributed by atoms with van der Waals surface area (Å²) >= 11 is 5.91. The monoisotopic (exact) mass is 360 g/mol. The van der Waals surface area contributed by atoms with E-state index < -0.39 is 0 Å². The molecule has 5 nitrogen and oxygen atoms in total. The fourth-order valence-electron chi connectivity index (χ4n) is 3.12. The van der Waals surface area contributed by atoms with Crippen molar-refractivity contribution in [2.75, 3.05) is 39.9 Å². The SMILES string of the molecule is COCCN1CCC(CNCc2cnc(-c3ccc(Cl)cc3)nc2)C1. The van der Waals surface area contributed by atoms with Gasteiger partial charge in [0.05, 0.1) is 6.61 Å². The van der Waals surface area contributed by atoms with Gasteiger partial charge in [-0.1, -0.05) is 11.6 Å². The number of rotatable bonds is 8. The van der Waals surface area contributed by atoms with Gasteiger partial charge in [0, 0.05) is 55.3 Å². The molecule has 1 fully saturated rings. The first-order valence-electron chi connectivity index (χ1n) is 8.73. The zero-order valence-electron chi connectivity index (χ0n) is 14.6. The molecule has 0 bridgehead atoms. The minimum atomic E-state index is 0.714. The summed E-state index contributed by atoms with van der Waals surface area (Å²) in [5.41, 5.74) is 2.08. The van der Waals surface area contributed by atoms with Crippen molar-refractivity contribution in [1.82, 2.24) is 20.2 Å². The molecule has 1 saturated heterocycles. The maximum Gasteiger partial charge on any atom is 0.159 e. The third-order valence-corrected chi connectivity index (χ3v) is 4.80. The van der Waals surface area contributed by atoms with Crippen molar-refractivity contribution in [2.45, 2.75) is 13.0 Å². The van der Waals surface area contributed by atoms with Crippen LogP contribution in [0.25, 0.3) is 11.4 Å². The van der Waals surface area contributed by atoms with Crippen LogP contribution in [0, 0.1) is 5.92 Å². The molecule has 1 atom stereocenters. The molecule has 1 aliphatic rings. The van der Waals surface area contributed by atoms with Crippen LogP contribution >= 0.6 is 11.6 Å². The maximum atomic E-state index is 5.91. The Morgan fingerprint density at radius 3 is 2.72 bits per heavy atom. The summed E-state index contributed by atoms with van der Waals surface area (Å²) in [5, 5.41) is 4.25. The van der Waals surface area contributed by atoms with E-state index in [1.54, 1.807) is 7.11 Å². The smallest absolute Gasteiger partial charge is 0.159 e. The van der Waals surface area contributed by atoms with Crippen LogP contribution in [0.4, 0.5) is 0 Å². The van der Waals surface area contributed by atoms with Gasteiger partial charge >= 0.3 is 0 Å². The fourth-order valence-corrected chi connectivity index (χ4v) is 3.24. The van der Waals surface area contributed by atoms with Crippen LogP contribution in [0.15, 0.2) is 36.7 Å². The van der Waals surface area contributed by atoms with Crippen LogP contribution in [0.3, 0.4) is 0 Å². The Bertz CT molecular complexity index is 647. The topological polar surface area (TPSA) is 50.3 Å². The molecule has 1 aromatic heterocycles. The second-order valence-corrected chi connectivity index (χ2v) is 6.94. The second kappa shape index (κ2) is 9.25. The van der Waals surface area contributed by atoms with Gasteiger partial charge in [0.2, 0.25) is 0 Å². The molecule has 25 heavy (non-hydrogen) atoms. The van der Waals surface area contributed by atoms with E-state index in [2.05, 4.69) is 20.2 Å². The van der Waals surface area contributed by atoms with Gasteiger partial charge in [0.15, 0.2) is 5.82 Å². The molecule has 134 valence electrons. The van der Waals surface area contributed by atoms with E-state index in [1.807, 2.05) is 36.7 Å². The minimum absolute atomic E-state index is 0.714. The second-order valence-electron chi connectivity index (χ2n) is 6.50. The maximum absolute atomic E-state index is 5.91. The van der Waals surface area contributed by atoms with Crippen molar-refractivity contribution in [2.24, 2.45) is 5.92 Å². The highest BCUT2D eigenvalue weighted by atomic mass is 35.5. The molecule has 2 heterocycles. The Balaban J connectivity index is 1.42. The van der Waals surface area contributed by atoms with Gasteiger partial charge in [-0.15, -0.1) is 0 Å². The van der Waals surface area contributed by atoms with Crippen molar-refractivity contribution < 1.29 is 4.74 Å². The van der Waals surface area contributed by atoms with E-state index in [0.29, 0.717) is 5.92 Å². The molecular formula is C19H25ClN4O. The summed E-state index contributed by atoms with van der Waals surface area (Å²) in [4.78, 5) is 11.4. The molecule has 6 heteroatoms. The Morgan fingerprint density at radius 1 is 1.24 bits per heavy atom. The Labute approximate surface area is 154 Å². The van der Waals surface area contributed by atoms with Gasteiger partial charge in [0.25, 0.3) is 0 Å². The minimum Gasteiger partial charge on any atom is -0.383 e. The summed E-state index contributed by atoms with van der Waals surface area (Å²) in [7, 11) is 1.76. The Hall–Kier alpha value is -1.53. The van der Waals surface area contributed by atoms with Gasteiger partial charge in [-0.3, -0.25) is 0 Å². The van der Waals surface area contributed by atoms with Crippen molar-refractivity contribution in [3.63, 3.8) is 0 Å². The number of methoxy groups -OCH3 is 1. The van der Waals surface area contributed by atoms with E-state index in [-0.39, 0.29) is 0 Å². The third kappa shape index (κ3) is 5.47. The number of halogens is 1. The van der Waals surface area contributed by atoms with Crippen LogP contribution in [-0.2, 0) is 11.3 Å². The molecule has 2 aromatic rings. The summed E-state index contributed by atoms with van der Waals surface area (Å²) in [6.45, 7) is 6.01. The van der Waals surface area contributed by atoms with Crippen molar-refractivity contribution in [1.29, 1.82) is 0 Å². The summed E-state index contributed by atoms with van der Waals surface area (Å²) in [6, 6.07) is 7.58. The first-order valence-corrected chi connectivity index (χ1v) is 9.11. The number of hydrogen-bond acceptors (Lipinski definition) is 5. The average Bonchev–Trinajstić information content (AvgIpc) is 3.09. The molecule has 0 amide bonds. The number of aromatic nitrogens is 2. The van der Waals surface area contributed by atoms with Crippen molar-refractivity contribution in [3.8, 4) is 11.4 Å². The summed E-state index contributed by atoms with van der Waals surface area (Å²) in [5.74, 6) is 1.44. The number of ether oxygens (including phenoxy) is 1. The highest BCUT2D eigenvalue weighted by molar-refractivity contribution is 6.30. The lowest BCUT2D eigenvalue weighted by atomic mass is 10.1. The fraction of sp³-hybridized carbons (Fsp3) is 0.474. The number of likely N-dealkylation sites (tertiary alicyclic amines) is 1. The molecule has 1 aliphatic heterocycles. The molecule has 0 saturated carbocycles. The summed E-state index contributed by atoms with van der Waals surface area (Å²) < 4.78 is 5.15. The Kier molecular flexibility index (Phi) is 6.76. The number of nitrogens with zero attached hydrogens (tertiary/aromatic N) is 3. The molecule has 0 aliphatic carbocycles. The van der Waals surface area contributed by atoms with E-state index in [1.165, 1.54) is 13.0 Å². The molecule has 0 spiro atoms. The number of hydrogen-bond donors (Lipinski definition) is 1. The normalized spacial score (nSPS) is 17.9. The lowest BCUT2D eigenvalue weighted by molar-refractivity contribution is 0.159. The highest BCUT2D eigenvalue weighted by Crippen LogP contribution is 2.18. The largest absolute Gasteiger partial charge is 0.383 e. The van der Waals surface area contributed by atoms with Crippen LogP contribution in [0.5, 0.6) is 0 Å². The van der Waals surface area contributed by atoms with Gasteiger partial charge in [-0.2, -0.15) is 0 Å². The predicted octanol–water partition coefficient (Wildman–Crippen LogP) is 2.85. The van der Waals surface area contributed by atoms with Crippen LogP contribution < -0.4 is 5.32 Å². The van der Waals surface area contributed by atoms with Crippen LogP contribution in [-0.4, -0.2) is 54.8 Å². The zero-order chi connectivity index (χ0) is 17.5. The predicted molar refractivity (Wildman–Crippen MR) is 101 cm³/mol. The third-order valence-electron chi connectivity index (χ3n) is 4.55.